The van der Waals surface area contributed by atoms with E-state index in [2.05, 4.69) is 9.98 Å². The third kappa shape index (κ3) is 2.74. The molecule has 0 fully saturated rings. The zero-order valence-electron chi connectivity index (χ0n) is 10.8. The standard InChI is InChI=1S/C15H16N2O/c1-11-7-8-15(18-3)14(10-11)17-12(2)13-6-4-5-9-16-13/h4-10H,1-3H3. The molecule has 0 saturated heterocycles. The van der Waals surface area contributed by atoms with E-state index in [4.69, 9.17) is 4.74 Å². The number of benzene rings is 1. The minimum atomic E-state index is 0.774. The average Bonchev–Trinajstić information content (AvgIpc) is 2.40. The maximum Gasteiger partial charge on any atom is 0.144 e. The predicted molar refractivity (Wildman–Crippen MR) is 73.8 cm³/mol. The molecular weight excluding hydrogens is 224 g/mol. The highest BCUT2D eigenvalue weighted by molar-refractivity contribution is 5.98. The van der Waals surface area contributed by atoms with Crippen molar-refractivity contribution in [1.82, 2.24) is 4.98 Å². The lowest BCUT2D eigenvalue weighted by atomic mass is 10.2. The Hall–Kier alpha value is -2.16. The maximum atomic E-state index is 5.31. The van der Waals surface area contributed by atoms with Gasteiger partial charge in [0.2, 0.25) is 0 Å². The molecule has 0 aliphatic carbocycles. The number of aliphatic imine (C=N–C) groups is 1. The molecule has 1 aromatic heterocycles. The van der Waals surface area contributed by atoms with Gasteiger partial charge in [-0.15, -0.1) is 0 Å². The van der Waals surface area contributed by atoms with Gasteiger partial charge in [0, 0.05) is 6.20 Å². The van der Waals surface area contributed by atoms with E-state index in [0.717, 1.165) is 28.4 Å². The summed E-state index contributed by atoms with van der Waals surface area (Å²) in [7, 11) is 1.65. The van der Waals surface area contributed by atoms with Crippen LogP contribution in [0.5, 0.6) is 5.75 Å². The van der Waals surface area contributed by atoms with Crippen molar-refractivity contribution in [3.8, 4) is 5.75 Å². The van der Waals surface area contributed by atoms with Gasteiger partial charge in [0.25, 0.3) is 0 Å². The lowest BCUT2D eigenvalue weighted by Crippen LogP contribution is -1.97. The molecule has 0 radical (unpaired) electrons. The maximum absolute atomic E-state index is 5.31. The van der Waals surface area contributed by atoms with Gasteiger partial charge < -0.3 is 4.74 Å². The average molecular weight is 240 g/mol. The Labute approximate surface area is 107 Å². The molecule has 0 saturated carbocycles. The number of aryl methyl sites for hydroxylation is 1. The van der Waals surface area contributed by atoms with Crippen molar-refractivity contribution >= 4 is 11.4 Å². The van der Waals surface area contributed by atoms with Crippen LogP contribution >= 0.6 is 0 Å². The van der Waals surface area contributed by atoms with Crippen molar-refractivity contribution in [2.45, 2.75) is 13.8 Å². The minimum Gasteiger partial charge on any atom is -0.494 e. The van der Waals surface area contributed by atoms with Gasteiger partial charge in [0.05, 0.1) is 18.5 Å². The number of pyridine rings is 1. The number of methoxy groups -OCH3 is 1. The smallest absolute Gasteiger partial charge is 0.144 e. The summed E-state index contributed by atoms with van der Waals surface area (Å²) in [5.41, 5.74) is 3.74. The van der Waals surface area contributed by atoms with Gasteiger partial charge in [0.15, 0.2) is 0 Å². The van der Waals surface area contributed by atoms with Crippen LogP contribution in [-0.2, 0) is 0 Å². The highest BCUT2D eigenvalue weighted by atomic mass is 16.5. The molecule has 92 valence electrons. The molecule has 0 spiro atoms. The van der Waals surface area contributed by atoms with E-state index in [1.54, 1.807) is 13.3 Å². The van der Waals surface area contributed by atoms with Crippen LogP contribution in [0.2, 0.25) is 0 Å². The second-order valence-electron chi connectivity index (χ2n) is 4.09. The first-order valence-electron chi connectivity index (χ1n) is 5.82. The molecule has 2 aromatic rings. The fraction of sp³-hybridized carbons (Fsp3) is 0.200. The van der Waals surface area contributed by atoms with Crippen LogP contribution < -0.4 is 4.74 Å². The van der Waals surface area contributed by atoms with Gasteiger partial charge in [-0.3, -0.25) is 4.98 Å². The fourth-order valence-electron chi connectivity index (χ4n) is 1.70. The molecule has 18 heavy (non-hydrogen) atoms. The minimum absolute atomic E-state index is 0.774. The van der Waals surface area contributed by atoms with Crippen LogP contribution in [0.4, 0.5) is 5.69 Å². The highest BCUT2D eigenvalue weighted by Gasteiger charge is 2.04. The number of hydrogen-bond acceptors (Lipinski definition) is 3. The summed E-state index contributed by atoms with van der Waals surface area (Å²) < 4.78 is 5.31. The van der Waals surface area contributed by atoms with Crippen molar-refractivity contribution in [3.05, 3.63) is 53.9 Å². The Morgan fingerprint density at radius 1 is 1.22 bits per heavy atom. The highest BCUT2D eigenvalue weighted by Crippen LogP contribution is 2.28. The molecule has 0 N–H and O–H groups in total. The van der Waals surface area contributed by atoms with E-state index in [1.165, 1.54) is 0 Å². The first-order chi connectivity index (χ1) is 8.70. The largest absolute Gasteiger partial charge is 0.494 e. The van der Waals surface area contributed by atoms with Crippen molar-refractivity contribution in [3.63, 3.8) is 0 Å². The van der Waals surface area contributed by atoms with Gasteiger partial charge in [-0.05, 0) is 43.7 Å². The molecular formula is C15H16N2O. The van der Waals surface area contributed by atoms with Crippen molar-refractivity contribution in [2.75, 3.05) is 7.11 Å². The Morgan fingerprint density at radius 3 is 2.72 bits per heavy atom. The van der Waals surface area contributed by atoms with Crippen LogP contribution in [0.15, 0.2) is 47.6 Å². The SMILES string of the molecule is COc1ccc(C)cc1N=C(C)c1ccccn1. The first-order valence-corrected chi connectivity index (χ1v) is 5.82. The number of rotatable bonds is 3. The number of hydrogen-bond donors (Lipinski definition) is 0. The molecule has 3 nitrogen and oxygen atoms in total. The lowest BCUT2D eigenvalue weighted by molar-refractivity contribution is 0.416. The Kier molecular flexibility index (Phi) is 3.72. The van der Waals surface area contributed by atoms with Gasteiger partial charge in [-0.2, -0.15) is 0 Å². The quantitative estimate of drug-likeness (QED) is 0.769. The molecule has 0 aliphatic rings. The van der Waals surface area contributed by atoms with E-state index in [-0.39, 0.29) is 0 Å². The van der Waals surface area contributed by atoms with Crippen LogP contribution in [0, 0.1) is 6.92 Å². The molecule has 0 bridgehead atoms. The molecule has 3 heteroatoms. The zero-order chi connectivity index (χ0) is 13.0. The molecule has 0 aliphatic heterocycles. The van der Waals surface area contributed by atoms with Crippen molar-refractivity contribution in [1.29, 1.82) is 0 Å². The molecule has 0 amide bonds. The van der Waals surface area contributed by atoms with Gasteiger partial charge in [-0.25, -0.2) is 4.99 Å². The topological polar surface area (TPSA) is 34.5 Å². The van der Waals surface area contributed by atoms with E-state index in [1.807, 2.05) is 50.2 Å². The first kappa shape index (κ1) is 12.3. The third-order valence-corrected chi connectivity index (χ3v) is 2.66. The molecule has 0 unspecified atom stereocenters. The predicted octanol–water partition coefficient (Wildman–Crippen LogP) is 3.54. The lowest BCUT2D eigenvalue weighted by Gasteiger charge is -2.06. The van der Waals surface area contributed by atoms with Gasteiger partial charge in [0.1, 0.15) is 11.4 Å². The second-order valence-corrected chi connectivity index (χ2v) is 4.09. The van der Waals surface area contributed by atoms with E-state index in [0.29, 0.717) is 0 Å². The van der Waals surface area contributed by atoms with E-state index >= 15 is 0 Å². The number of ether oxygens (including phenoxy) is 1. The zero-order valence-corrected chi connectivity index (χ0v) is 10.8. The summed E-state index contributed by atoms with van der Waals surface area (Å²) in [6, 6.07) is 11.7. The fourth-order valence-corrected chi connectivity index (χ4v) is 1.70. The van der Waals surface area contributed by atoms with Gasteiger partial charge >= 0.3 is 0 Å². The monoisotopic (exact) mass is 240 g/mol. The molecule has 1 heterocycles. The summed E-state index contributed by atoms with van der Waals surface area (Å²) in [6.07, 6.45) is 1.77. The summed E-state index contributed by atoms with van der Waals surface area (Å²) in [5, 5.41) is 0. The van der Waals surface area contributed by atoms with Crippen LogP contribution in [0.25, 0.3) is 0 Å². The summed E-state index contributed by atoms with van der Waals surface area (Å²) >= 11 is 0. The van der Waals surface area contributed by atoms with Crippen LogP contribution in [0.1, 0.15) is 18.2 Å². The third-order valence-electron chi connectivity index (χ3n) is 2.66. The molecule has 2 rings (SSSR count). The molecule has 1 aromatic carbocycles. The van der Waals surface area contributed by atoms with E-state index in [9.17, 15) is 0 Å². The van der Waals surface area contributed by atoms with E-state index < -0.39 is 0 Å². The Bertz CT molecular complexity index is 562. The Morgan fingerprint density at radius 2 is 2.06 bits per heavy atom. The van der Waals surface area contributed by atoms with Crippen LogP contribution in [-0.4, -0.2) is 17.8 Å². The summed E-state index contributed by atoms with van der Waals surface area (Å²) in [5.74, 6) is 0.774. The summed E-state index contributed by atoms with van der Waals surface area (Å²) in [4.78, 5) is 8.87. The molecule has 0 atom stereocenters. The normalized spacial score (nSPS) is 11.4. The number of aromatic nitrogens is 1. The summed E-state index contributed by atoms with van der Waals surface area (Å²) in [6.45, 7) is 3.98. The van der Waals surface area contributed by atoms with Crippen LogP contribution in [0.3, 0.4) is 0 Å². The number of nitrogens with zero attached hydrogens (tertiary/aromatic N) is 2. The van der Waals surface area contributed by atoms with Crippen molar-refractivity contribution in [2.24, 2.45) is 4.99 Å². The van der Waals surface area contributed by atoms with Crippen molar-refractivity contribution < 1.29 is 4.74 Å². The second kappa shape index (κ2) is 5.45. The Balaban J connectivity index is 2.41. The van der Waals surface area contributed by atoms with Gasteiger partial charge in [-0.1, -0.05) is 12.1 Å².